The van der Waals surface area contributed by atoms with Gasteiger partial charge in [0.05, 0.1) is 6.61 Å². The van der Waals surface area contributed by atoms with Gasteiger partial charge in [0.2, 0.25) is 0 Å². The van der Waals surface area contributed by atoms with Crippen molar-refractivity contribution in [2.75, 3.05) is 6.61 Å². The highest BCUT2D eigenvalue weighted by Crippen LogP contribution is 1.86. The molecule has 0 aliphatic rings. The van der Waals surface area contributed by atoms with Gasteiger partial charge in [-0.3, -0.25) is 0 Å². The SMILES string of the molecule is CCOC(=O)C(C)NC(N)=O. The minimum absolute atomic E-state index is 0.295. The maximum absolute atomic E-state index is 10.8. The maximum atomic E-state index is 10.8. The lowest BCUT2D eigenvalue weighted by molar-refractivity contribution is -0.144. The van der Waals surface area contributed by atoms with Crippen LogP contribution < -0.4 is 11.1 Å². The Kier molecular flexibility index (Phi) is 4.02. The molecule has 0 heterocycles. The van der Waals surface area contributed by atoms with E-state index in [1.807, 2.05) is 0 Å². The lowest BCUT2D eigenvalue weighted by Crippen LogP contribution is -2.42. The molecule has 0 aromatic heterocycles. The van der Waals surface area contributed by atoms with Crippen molar-refractivity contribution in [3.63, 3.8) is 0 Å². The van der Waals surface area contributed by atoms with Gasteiger partial charge in [-0.1, -0.05) is 0 Å². The molecule has 0 saturated carbocycles. The Morgan fingerprint density at radius 3 is 2.55 bits per heavy atom. The minimum atomic E-state index is -0.731. The molecule has 0 fully saturated rings. The minimum Gasteiger partial charge on any atom is -0.464 e. The standard InChI is InChI=1S/C6H12N2O3/c1-3-11-5(9)4(2)8-6(7)10/h4H,3H2,1-2H3,(H3,7,8,10). The molecular formula is C6H12N2O3. The number of hydrogen-bond donors (Lipinski definition) is 2. The van der Waals surface area contributed by atoms with Gasteiger partial charge in [-0.2, -0.15) is 0 Å². The smallest absolute Gasteiger partial charge is 0.328 e. The molecule has 0 saturated heterocycles. The number of ether oxygens (including phenoxy) is 1. The maximum Gasteiger partial charge on any atom is 0.328 e. The number of rotatable bonds is 3. The van der Waals surface area contributed by atoms with E-state index < -0.39 is 18.0 Å². The first-order chi connectivity index (χ1) is 5.07. The van der Waals surface area contributed by atoms with Gasteiger partial charge in [0.1, 0.15) is 6.04 Å². The predicted molar refractivity (Wildman–Crippen MR) is 38.8 cm³/mol. The largest absolute Gasteiger partial charge is 0.464 e. The van der Waals surface area contributed by atoms with Crippen molar-refractivity contribution < 1.29 is 14.3 Å². The van der Waals surface area contributed by atoms with Gasteiger partial charge < -0.3 is 15.8 Å². The van der Waals surface area contributed by atoms with Crippen LogP contribution in [-0.2, 0) is 9.53 Å². The number of nitrogens with two attached hydrogens (primary N) is 1. The molecule has 1 atom stereocenters. The zero-order valence-electron chi connectivity index (χ0n) is 6.59. The number of esters is 1. The third kappa shape index (κ3) is 4.19. The van der Waals surface area contributed by atoms with Gasteiger partial charge in [-0.15, -0.1) is 0 Å². The summed E-state index contributed by atoms with van der Waals surface area (Å²) < 4.78 is 4.60. The highest BCUT2D eigenvalue weighted by Gasteiger charge is 2.13. The van der Waals surface area contributed by atoms with Crippen molar-refractivity contribution in [2.45, 2.75) is 19.9 Å². The van der Waals surface area contributed by atoms with Crippen molar-refractivity contribution in [2.24, 2.45) is 5.73 Å². The van der Waals surface area contributed by atoms with Crippen LogP contribution in [0, 0.1) is 0 Å². The summed E-state index contributed by atoms with van der Waals surface area (Å²) in [6, 6.07) is -1.40. The Labute approximate surface area is 64.9 Å². The van der Waals surface area contributed by atoms with Gasteiger partial charge in [-0.05, 0) is 13.8 Å². The number of hydrogen-bond acceptors (Lipinski definition) is 3. The van der Waals surface area contributed by atoms with Crippen LogP contribution in [0.3, 0.4) is 0 Å². The number of amides is 2. The van der Waals surface area contributed by atoms with E-state index in [-0.39, 0.29) is 0 Å². The molecule has 11 heavy (non-hydrogen) atoms. The molecule has 2 amide bonds. The van der Waals surface area contributed by atoms with Crippen LogP contribution >= 0.6 is 0 Å². The lowest BCUT2D eigenvalue weighted by Gasteiger charge is -2.09. The predicted octanol–water partition coefficient (Wildman–Crippen LogP) is -0.394. The summed E-state index contributed by atoms with van der Waals surface area (Å²) in [6.07, 6.45) is 0. The van der Waals surface area contributed by atoms with Gasteiger partial charge in [0, 0.05) is 0 Å². The van der Waals surface area contributed by atoms with Crippen LogP contribution in [0.2, 0.25) is 0 Å². The molecule has 0 aliphatic carbocycles. The zero-order chi connectivity index (χ0) is 8.85. The van der Waals surface area contributed by atoms with Crippen LogP contribution in [-0.4, -0.2) is 24.6 Å². The van der Waals surface area contributed by atoms with Crippen LogP contribution in [0.5, 0.6) is 0 Å². The summed E-state index contributed by atoms with van der Waals surface area (Å²) >= 11 is 0. The Hall–Kier alpha value is -1.26. The fourth-order valence-electron chi connectivity index (χ4n) is 0.540. The highest BCUT2D eigenvalue weighted by molar-refractivity contribution is 5.82. The molecule has 5 heteroatoms. The van der Waals surface area contributed by atoms with E-state index in [4.69, 9.17) is 5.73 Å². The molecule has 0 aliphatic heterocycles. The lowest BCUT2D eigenvalue weighted by atomic mass is 10.3. The summed E-state index contributed by atoms with van der Waals surface area (Å²) in [7, 11) is 0. The number of carbonyl (C=O) groups excluding carboxylic acids is 2. The first-order valence-corrected chi connectivity index (χ1v) is 3.30. The van der Waals surface area contributed by atoms with Crippen molar-refractivity contribution in [3.05, 3.63) is 0 Å². The fraction of sp³-hybridized carbons (Fsp3) is 0.667. The van der Waals surface area contributed by atoms with Gasteiger partial charge in [0.25, 0.3) is 0 Å². The summed E-state index contributed by atoms with van der Waals surface area (Å²) in [5, 5.41) is 2.19. The van der Waals surface area contributed by atoms with Gasteiger partial charge in [-0.25, -0.2) is 9.59 Å². The van der Waals surface area contributed by atoms with Crippen molar-refractivity contribution in [1.82, 2.24) is 5.32 Å². The average molecular weight is 160 g/mol. The second kappa shape index (κ2) is 4.54. The first kappa shape index (κ1) is 9.74. The van der Waals surface area contributed by atoms with Gasteiger partial charge in [0.15, 0.2) is 0 Å². The quantitative estimate of drug-likeness (QED) is 0.551. The summed E-state index contributed by atoms with van der Waals surface area (Å²) in [5.74, 6) is -0.480. The van der Waals surface area contributed by atoms with Crippen LogP contribution in [0.1, 0.15) is 13.8 Å². The van der Waals surface area contributed by atoms with E-state index in [9.17, 15) is 9.59 Å². The van der Waals surface area contributed by atoms with Gasteiger partial charge >= 0.3 is 12.0 Å². The molecule has 0 aromatic carbocycles. The average Bonchev–Trinajstić information content (AvgIpc) is 1.86. The molecule has 0 spiro atoms. The zero-order valence-corrected chi connectivity index (χ0v) is 6.59. The van der Waals surface area contributed by atoms with E-state index in [0.717, 1.165) is 0 Å². The molecule has 0 bridgehead atoms. The summed E-state index contributed by atoms with van der Waals surface area (Å²) in [5.41, 5.74) is 4.77. The van der Waals surface area contributed by atoms with Crippen molar-refractivity contribution in [3.8, 4) is 0 Å². The molecule has 0 radical (unpaired) electrons. The molecule has 1 unspecified atom stereocenters. The molecule has 3 N–H and O–H groups in total. The normalized spacial score (nSPS) is 11.8. The highest BCUT2D eigenvalue weighted by atomic mass is 16.5. The number of carbonyl (C=O) groups is 2. The van der Waals surface area contributed by atoms with Crippen molar-refractivity contribution >= 4 is 12.0 Å². The Morgan fingerprint density at radius 2 is 2.18 bits per heavy atom. The molecular weight excluding hydrogens is 148 g/mol. The number of nitrogens with one attached hydrogen (secondary N) is 1. The van der Waals surface area contributed by atoms with E-state index in [1.165, 1.54) is 6.92 Å². The third-order valence-electron chi connectivity index (χ3n) is 0.999. The molecule has 5 nitrogen and oxygen atoms in total. The Bertz CT molecular complexity index is 158. The Morgan fingerprint density at radius 1 is 1.64 bits per heavy atom. The second-order valence-corrected chi connectivity index (χ2v) is 1.98. The van der Waals surface area contributed by atoms with E-state index in [1.54, 1.807) is 6.92 Å². The number of primary amides is 1. The molecule has 64 valence electrons. The Balaban J connectivity index is 3.73. The monoisotopic (exact) mass is 160 g/mol. The van der Waals surface area contributed by atoms with Crippen LogP contribution in [0.15, 0.2) is 0 Å². The van der Waals surface area contributed by atoms with E-state index in [0.29, 0.717) is 6.61 Å². The van der Waals surface area contributed by atoms with Crippen LogP contribution in [0.25, 0.3) is 0 Å². The van der Waals surface area contributed by atoms with Crippen LogP contribution in [0.4, 0.5) is 4.79 Å². The first-order valence-electron chi connectivity index (χ1n) is 3.30. The van der Waals surface area contributed by atoms with Crippen molar-refractivity contribution in [1.29, 1.82) is 0 Å². The molecule has 0 rings (SSSR count). The summed E-state index contributed by atoms with van der Waals surface area (Å²) in [4.78, 5) is 21.0. The fourth-order valence-corrected chi connectivity index (χ4v) is 0.540. The second-order valence-electron chi connectivity index (χ2n) is 1.98. The van der Waals surface area contributed by atoms with E-state index in [2.05, 4.69) is 10.1 Å². The number of urea groups is 1. The van der Waals surface area contributed by atoms with E-state index >= 15 is 0 Å². The topological polar surface area (TPSA) is 81.4 Å². The molecule has 0 aromatic rings. The summed E-state index contributed by atoms with van der Waals surface area (Å²) in [6.45, 7) is 3.49. The third-order valence-corrected chi connectivity index (χ3v) is 0.999.